The van der Waals surface area contributed by atoms with Crippen molar-refractivity contribution in [3.8, 4) is 0 Å². The average Bonchev–Trinajstić information content (AvgIpc) is 2.22. The van der Waals surface area contributed by atoms with Gasteiger partial charge in [-0.3, -0.25) is 0 Å². The van der Waals surface area contributed by atoms with Crippen molar-refractivity contribution in [1.29, 1.82) is 0 Å². The molecule has 0 aliphatic rings. The molecule has 0 amide bonds. The van der Waals surface area contributed by atoms with Crippen molar-refractivity contribution in [1.82, 2.24) is 0 Å². The zero-order chi connectivity index (χ0) is 11.8. The highest BCUT2D eigenvalue weighted by molar-refractivity contribution is 5.86. The second kappa shape index (κ2) is 9.30. The number of halogens is 1. The Hall–Kier alpha value is -0.940. The summed E-state index contributed by atoms with van der Waals surface area (Å²) in [6, 6.07) is 0. The molecule has 1 atom stereocenters. The van der Waals surface area contributed by atoms with Crippen LogP contribution in [0.15, 0.2) is 12.2 Å². The fourth-order valence-electron chi connectivity index (χ4n) is 1.23. The van der Waals surface area contributed by atoms with Crippen LogP contribution < -0.4 is 9.60 Å². The maximum Gasteiger partial charge on any atom is 0.333 e. The van der Waals surface area contributed by atoms with Crippen LogP contribution in [0.2, 0.25) is 0 Å². The molecule has 0 heterocycles. The molecular weight excluding hydrogens is 213 g/mol. The Morgan fingerprint density at radius 1 is 1.44 bits per heavy atom. The third-order valence-electron chi connectivity index (χ3n) is 2.28. The lowest BCUT2D eigenvalue weighted by Gasteiger charge is -2.19. The van der Waals surface area contributed by atoms with Gasteiger partial charge in [0.05, 0.1) is 13.1 Å². The van der Waals surface area contributed by atoms with E-state index in [1.165, 1.54) is 4.90 Å². The number of aliphatic hydroxyl groups excluding tert-OH is 1. The van der Waals surface area contributed by atoms with Gasteiger partial charge < -0.3 is 19.4 Å². The fraction of sp³-hybridized carbons (Fsp3) is 0.727. The summed E-state index contributed by atoms with van der Waals surface area (Å²) in [5, 5.41) is 9.58. The van der Waals surface area contributed by atoms with E-state index < -0.39 is 12.1 Å². The average molecular weight is 235 g/mol. The van der Waals surface area contributed by atoms with E-state index >= 15 is 0 Å². The summed E-state index contributed by atoms with van der Waals surface area (Å²) in [7, 11) is 0. The molecule has 2 N–H and O–H groups in total. The van der Waals surface area contributed by atoms with Gasteiger partial charge in [-0.1, -0.05) is 6.58 Å². The number of quaternary nitrogens is 1. The minimum Gasteiger partial charge on any atom is -1.00 e. The Bertz CT molecular complexity index is 217. The van der Waals surface area contributed by atoms with Crippen molar-refractivity contribution in [2.75, 3.05) is 26.2 Å². The molecule has 0 aliphatic carbocycles. The summed E-state index contributed by atoms with van der Waals surface area (Å²) >= 11 is 0. The molecule has 96 valence electrons. The van der Waals surface area contributed by atoms with E-state index in [-0.39, 0.29) is 11.3 Å². The van der Waals surface area contributed by atoms with Crippen LogP contribution in [0.25, 0.3) is 0 Å². The number of likely N-dealkylation sites (N-methyl/N-ethyl adjacent to an activating group) is 1. The first-order chi connectivity index (χ1) is 7.01. The Morgan fingerprint density at radius 3 is 2.31 bits per heavy atom. The van der Waals surface area contributed by atoms with E-state index in [9.17, 15) is 9.90 Å². The molecule has 0 spiro atoms. The van der Waals surface area contributed by atoms with Crippen molar-refractivity contribution in [3.05, 3.63) is 12.2 Å². The number of hydrogen-bond acceptors (Lipinski definition) is 3. The van der Waals surface area contributed by atoms with Gasteiger partial charge >= 0.3 is 5.97 Å². The van der Waals surface area contributed by atoms with Gasteiger partial charge in [-0.05, 0) is 20.8 Å². The minimum atomic E-state index is -0.594. The smallest absolute Gasteiger partial charge is 0.333 e. The lowest BCUT2D eigenvalue weighted by Crippen LogP contribution is -3.12. The van der Waals surface area contributed by atoms with Gasteiger partial charge in [-0.25, -0.2) is 4.79 Å². The van der Waals surface area contributed by atoms with Gasteiger partial charge in [0.15, 0.2) is 0 Å². The van der Waals surface area contributed by atoms with E-state index in [0.717, 1.165) is 13.1 Å². The Labute approximate surface area is 96.3 Å². The molecule has 0 fully saturated rings. The molecule has 4 nitrogen and oxygen atoms in total. The monoisotopic (exact) mass is 235 g/mol. The zero-order valence-electron chi connectivity index (χ0n) is 10.3. The van der Waals surface area contributed by atoms with E-state index in [1.54, 1.807) is 6.92 Å². The Balaban J connectivity index is 0. The van der Waals surface area contributed by atoms with Crippen molar-refractivity contribution in [3.63, 3.8) is 0 Å². The van der Waals surface area contributed by atoms with Crippen LogP contribution >= 0.6 is 0 Å². The molecule has 0 saturated heterocycles. The van der Waals surface area contributed by atoms with Crippen LogP contribution in [0.4, 0.5) is 0 Å². The molecule has 0 radical (unpaired) electrons. The molecule has 0 saturated carbocycles. The third kappa shape index (κ3) is 7.36. The molecule has 0 aliphatic heterocycles. The molecule has 0 aromatic carbocycles. The fourth-order valence-corrected chi connectivity index (χ4v) is 1.23. The minimum absolute atomic E-state index is 0. The van der Waals surface area contributed by atoms with Gasteiger partial charge in [0.1, 0.15) is 19.3 Å². The Morgan fingerprint density at radius 2 is 1.94 bits per heavy atom. The van der Waals surface area contributed by atoms with Crippen molar-refractivity contribution < 1.29 is 24.2 Å². The van der Waals surface area contributed by atoms with Gasteiger partial charge in [0.2, 0.25) is 0 Å². The molecule has 0 aromatic heterocycles. The molecule has 1 unspecified atom stereocenters. The highest BCUT2D eigenvalue weighted by Gasteiger charge is 2.14. The van der Waals surface area contributed by atoms with Gasteiger partial charge in [0.25, 0.3) is 0 Å². The van der Waals surface area contributed by atoms with Crippen LogP contribution in [0.1, 0.15) is 20.8 Å². The zero-order valence-corrected chi connectivity index (χ0v) is 10.3. The van der Waals surface area contributed by atoms with E-state index in [1.807, 2.05) is 0 Å². The molecule has 16 heavy (non-hydrogen) atoms. The molecule has 5 heteroatoms. The standard InChI is InChI=1S/C11H21NO3.FH/c1-5-12(6-2)7-10(13)8-15-11(14)9(3)4;/h10,13H,3,5-8H2,1-2,4H3;1H. The topological polar surface area (TPSA) is 51.0 Å². The summed E-state index contributed by atoms with van der Waals surface area (Å²) in [5.74, 6) is -0.441. The van der Waals surface area contributed by atoms with Crippen LogP contribution in [0.5, 0.6) is 0 Å². The molecule has 0 aromatic rings. The first kappa shape index (κ1) is 17.5. The van der Waals surface area contributed by atoms with Gasteiger partial charge in [-0.15, -0.1) is 0 Å². The second-order valence-electron chi connectivity index (χ2n) is 3.69. The first-order valence-electron chi connectivity index (χ1n) is 5.35. The van der Waals surface area contributed by atoms with Crippen LogP contribution in [-0.2, 0) is 9.53 Å². The molecule has 0 rings (SSSR count). The highest BCUT2D eigenvalue weighted by Crippen LogP contribution is 1.92. The van der Waals surface area contributed by atoms with Gasteiger partial charge in [0, 0.05) is 5.57 Å². The number of carbonyl (C=O) groups is 1. The van der Waals surface area contributed by atoms with Crippen LogP contribution in [0.3, 0.4) is 0 Å². The number of carbonyl (C=O) groups excluding carboxylic acids is 1. The maximum absolute atomic E-state index is 11.0. The van der Waals surface area contributed by atoms with E-state index in [2.05, 4.69) is 20.4 Å². The van der Waals surface area contributed by atoms with Crippen LogP contribution in [0, 0.1) is 0 Å². The lowest BCUT2D eigenvalue weighted by atomic mass is 10.3. The predicted octanol–water partition coefficient (Wildman–Crippen LogP) is -3.60. The number of hydrogen-bond donors (Lipinski definition) is 2. The number of rotatable bonds is 7. The van der Waals surface area contributed by atoms with Gasteiger partial charge in [-0.2, -0.15) is 0 Å². The summed E-state index contributed by atoms with van der Waals surface area (Å²) in [6.07, 6.45) is -0.594. The van der Waals surface area contributed by atoms with Crippen LogP contribution in [-0.4, -0.2) is 43.4 Å². The second-order valence-corrected chi connectivity index (χ2v) is 3.69. The number of nitrogens with one attached hydrogen (secondary N) is 1. The summed E-state index contributed by atoms with van der Waals surface area (Å²) in [4.78, 5) is 12.3. The summed E-state index contributed by atoms with van der Waals surface area (Å²) in [6.45, 7) is 11.8. The Kier molecular flexibility index (Phi) is 10.1. The summed E-state index contributed by atoms with van der Waals surface area (Å²) in [5.41, 5.74) is 0.359. The highest BCUT2D eigenvalue weighted by atomic mass is 19.0. The number of esters is 1. The maximum atomic E-state index is 11.0. The number of ether oxygens (including phenoxy) is 1. The van der Waals surface area contributed by atoms with E-state index in [4.69, 9.17) is 4.74 Å². The molecular formula is C11H22FNO3. The van der Waals surface area contributed by atoms with Crippen molar-refractivity contribution in [2.24, 2.45) is 0 Å². The SMILES string of the molecule is C=C(C)C(=O)OCC(O)C[NH+](CC)CC.[F-]. The van der Waals surface area contributed by atoms with Crippen molar-refractivity contribution >= 4 is 5.97 Å². The number of aliphatic hydroxyl groups is 1. The molecule has 0 bridgehead atoms. The largest absolute Gasteiger partial charge is 1.00 e. The third-order valence-corrected chi connectivity index (χ3v) is 2.28. The first-order valence-corrected chi connectivity index (χ1v) is 5.35. The van der Waals surface area contributed by atoms with E-state index in [0.29, 0.717) is 12.1 Å². The predicted molar refractivity (Wildman–Crippen MR) is 58.7 cm³/mol. The lowest BCUT2D eigenvalue weighted by molar-refractivity contribution is -0.899. The summed E-state index contributed by atoms with van der Waals surface area (Å²) < 4.78 is 4.85. The normalized spacial score (nSPS) is 11.8. The van der Waals surface area contributed by atoms with Crippen molar-refractivity contribution in [2.45, 2.75) is 26.9 Å². The quantitative estimate of drug-likeness (QED) is 0.354.